The second kappa shape index (κ2) is 11.2. The molecular weight excluding hydrogens is 627 g/mol. The molecule has 52 heavy (non-hydrogen) atoms. The fourth-order valence-electron chi connectivity index (χ4n) is 8.83. The number of aryl methyl sites for hydroxylation is 1. The van der Waals surface area contributed by atoms with Crippen LogP contribution in [0.3, 0.4) is 0 Å². The van der Waals surface area contributed by atoms with Crippen molar-refractivity contribution in [3.8, 4) is 0 Å². The van der Waals surface area contributed by atoms with E-state index >= 15 is 0 Å². The first-order valence-electron chi connectivity index (χ1n) is 18.1. The van der Waals surface area contributed by atoms with Gasteiger partial charge in [-0.25, -0.2) is 0 Å². The van der Waals surface area contributed by atoms with Gasteiger partial charge < -0.3 is 4.90 Å². The van der Waals surface area contributed by atoms with Crippen molar-refractivity contribution in [1.82, 2.24) is 0 Å². The van der Waals surface area contributed by atoms with E-state index in [4.69, 9.17) is 0 Å². The van der Waals surface area contributed by atoms with Gasteiger partial charge in [-0.3, -0.25) is 0 Å². The van der Waals surface area contributed by atoms with Crippen LogP contribution < -0.4 is 4.90 Å². The molecule has 1 nitrogen and oxygen atoms in total. The van der Waals surface area contributed by atoms with Gasteiger partial charge in [0.05, 0.1) is 5.69 Å². The summed E-state index contributed by atoms with van der Waals surface area (Å²) in [6, 6.07) is 62.8. The fraction of sp³-hybridized carbons (Fsp3) is 0.0196. The molecule has 0 spiro atoms. The second-order valence-electron chi connectivity index (χ2n) is 14.1. The first kappa shape index (κ1) is 29.1. The third kappa shape index (κ3) is 4.23. The number of nitrogens with zero attached hydrogens (tertiary/aromatic N) is 1. The highest BCUT2D eigenvalue weighted by Crippen LogP contribution is 2.49. The van der Waals surface area contributed by atoms with Gasteiger partial charge in [0.2, 0.25) is 0 Å². The van der Waals surface area contributed by atoms with Gasteiger partial charge in [0.1, 0.15) is 0 Å². The molecule has 0 aromatic heterocycles. The molecule has 0 aliphatic heterocycles. The fourth-order valence-corrected chi connectivity index (χ4v) is 8.83. The maximum Gasteiger partial charge on any atom is 0.0540 e. The molecule has 11 rings (SSSR count). The van der Waals surface area contributed by atoms with Crippen molar-refractivity contribution < 1.29 is 0 Å². The molecule has 1 heteroatoms. The summed E-state index contributed by atoms with van der Waals surface area (Å²) >= 11 is 0. The first-order valence-corrected chi connectivity index (χ1v) is 18.1. The van der Waals surface area contributed by atoms with Gasteiger partial charge >= 0.3 is 0 Å². The number of benzene rings is 11. The minimum Gasteiger partial charge on any atom is -0.310 e. The Morgan fingerprint density at radius 2 is 0.769 bits per heavy atom. The zero-order valence-corrected chi connectivity index (χ0v) is 28.8. The molecule has 11 aromatic rings. The van der Waals surface area contributed by atoms with E-state index in [0.717, 1.165) is 11.4 Å². The lowest BCUT2D eigenvalue weighted by atomic mass is 9.84. The van der Waals surface area contributed by atoms with Crippen LogP contribution in [0.15, 0.2) is 170 Å². The Labute approximate surface area is 301 Å². The molecule has 0 amide bonds. The largest absolute Gasteiger partial charge is 0.310 e. The van der Waals surface area contributed by atoms with Crippen molar-refractivity contribution in [1.29, 1.82) is 0 Å². The molecular formula is C51H33N. The van der Waals surface area contributed by atoms with Crippen LogP contribution >= 0.6 is 0 Å². The Hall–Kier alpha value is -6.70. The van der Waals surface area contributed by atoms with Crippen molar-refractivity contribution in [2.75, 3.05) is 4.90 Å². The Morgan fingerprint density at radius 3 is 1.37 bits per heavy atom. The molecule has 0 saturated heterocycles. The van der Waals surface area contributed by atoms with Gasteiger partial charge in [0.15, 0.2) is 0 Å². The maximum atomic E-state index is 2.42. The molecule has 0 fully saturated rings. The molecule has 0 radical (unpaired) electrons. The van der Waals surface area contributed by atoms with Crippen LogP contribution in [0.5, 0.6) is 0 Å². The highest BCUT2D eigenvalue weighted by atomic mass is 15.1. The van der Waals surface area contributed by atoms with E-state index in [1.54, 1.807) is 0 Å². The summed E-state index contributed by atoms with van der Waals surface area (Å²) in [5, 5.41) is 18.5. The van der Waals surface area contributed by atoms with Crippen LogP contribution in [0.4, 0.5) is 17.1 Å². The molecule has 0 aliphatic carbocycles. The number of hydrogen-bond acceptors (Lipinski definition) is 1. The molecule has 0 saturated carbocycles. The van der Waals surface area contributed by atoms with Crippen molar-refractivity contribution in [3.63, 3.8) is 0 Å². The van der Waals surface area contributed by atoms with Gasteiger partial charge in [-0.1, -0.05) is 157 Å². The summed E-state index contributed by atoms with van der Waals surface area (Å²) in [5.41, 5.74) is 7.05. The average molecular weight is 660 g/mol. The molecule has 0 bridgehead atoms. The monoisotopic (exact) mass is 659 g/mol. The van der Waals surface area contributed by atoms with E-state index in [0.29, 0.717) is 0 Å². The third-order valence-corrected chi connectivity index (χ3v) is 11.2. The molecule has 0 unspecified atom stereocenters. The van der Waals surface area contributed by atoms with Gasteiger partial charge in [0, 0.05) is 16.8 Å². The van der Waals surface area contributed by atoms with E-state index in [9.17, 15) is 0 Å². The first-order chi connectivity index (χ1) is 25.7. The van der Waals surface area contributed by atoms with Crippen LogP contribution in [-0.4, -0.2) is 0 Å². The molecule has 11 aromatic carbocycles. The van der Waals surface area contributed by atoms with Crippen LogP contribution in [0.25, 0.3) is 87.6 Å². The van der Waals surface area contributed by atoms with Gasteiger partial charge in [0.25, 0.3) is 0 Å². The maximum absolute atomic E-state index is 2.42. The second-order valence-corrected chi connectivity index (χ2v) is 14.1. The summed E-state index contributed by atoms with van der Waals surface area (Å²) < 4.78 is 0. The van der Waals surface area contributed by atoms with E-state index < -0.39 is 0 Å². The average Bonchev–Trinajstić information content (AvgIpc) is 3.20. The minimum absolute atomic E-state index is 1.13. The highest BCUT2D eigenvalue weighted by Gasteiger charge is 2.22. The predicted molar refractivity (Wildman–Crippen MR) is 226 cm³/mol. The summed E-state index contributed by atoms with van der Waals surface area (Å²) in [6.45, 7) is 2.15. The number of hydrogen-bond donors (Lipinski definition) is 0. The van der Waals surface area contributed by atoms with Crippen LogP contribution in [-0.2, 0) is 0 Å². The van der Waals surface area contributed by atoms with Crippen molar-refractivity contribution >= 4 is 105 Å². The standard InChI is InChI=1S/C51H33N/c1-32-16-22-36(23-17-32)52(37-24-20-34(21-25-37)19-18-33-8-3-2-4-9-33)47-31-30-41-45-29-27-43-39-13-6-11-35-10-5-12-38(48(35)39)42-26-28-44(51(45)50(42)43)40-14-7-15-46(47)49(40)41/h2-31H,1H3. The van der Waals surface area contributed by atoms with Gasteiger partial charge in [-0.15, -0.1) is 0 Å². The van der Waals surface area contributed by atoms with Crippen molar-refractivity contribution in [3.05, 3.63) is 187 Å². The van der Waals surface area contributed by atoms with E-state index in [1.165, 1.54) is 97.8 Å². The van der Waals surface area contributed by atoms with Crippen LogP contribution in [0.1, 0.15) is 16.7 Å². The zero-order chi connectivity index (χ0) is 34.3. The summed E-state index contributed by atoms with van der Waals surface area (Å²) in [4.78, 5) is 2.42. The van der Waals surface area contributed by atoms with Crippen molar-refractivity contribution in [2.24, 2.45) is 0 Å². The molecule has 0 heterocycles. The Bertz CT molecular complexity index is 3050. The molecule has 0 N–H and O–H groups in total. The van der Waals surface area contributed by atoms with E-state index in [-0.39, 0.29) is 0 Å². The van der Waals surface area contributed by atoms with E-state index in [1.807, 2.05) is 0 Å². The summed E-state index contributed by atoms with van der Waals surface area (Å²) in [6.07, 6.45) is 4.36. The summed E-state index contributed by atoms with van der Waals surface area (Å²) in [5.74, 6) is 0. The molecule has 0 aliphatic rings. The lowest BCUT2D eigenvalue weighted by Crippen LogP contribution is -2.10. The van der Waals surface area contributed by atoms with Gasteiger partial charge in [-0.2, -0.15) is 0 Å². The Kier molecular flexibility index (Phi) is 6.23. The topological polar surface area (TPSA) is 3.24 Å². The minimum atomic E-state index is 1.13. The molecule has 242 valence electrons. The molecule has 0 atom stereocenters. The van der Waals surface area contributed by atoms with Crippen molar-refractivity contribution in [2.45, 2.75) is 6.92 Å². The Balaban J connectivity index is 1.15. The van der Waals surface area contributed by atoms with Crippen LogP contribution in [0, 0.1) is 6.92 Å². The lowest BCUT2D eigenvalue weighted by Gasteiger charge is -2.28. The van der Waals surface area contributed by atoms with Crippen LogP contribution in [0.2, 0.25) is 0 Å². The third-order valence-electron chi connectivity index (χ3n) is 11.2. The summed E-state index contributed by atoms with van der Waals surface area (Å²) in [7, 11) is 0. The quantitative estimate of drug-likeness (QED) is 0.101. The SMILES string of the molecule is Cc1ccc(N(c2ccc(C=Cc3ccccc3)cc2)c2ccc3c4ccc5c6cccc7cccc(c8ccc(c9cccc2c93)c4c85)c76)cc1. The normalized spacial score (nSPS) is 12.2. The Morgan fingerprint density at radius 1 is 0.327 bits per heavy atom. The highest BCUT2D eigenvalue weighted by molar-refractivity contribution is 6.42. The van der Waals surface area contributed by atoms with E-state index in [2.05, 4.69) is 194 Å². The number of rotatable bonds is 5. The zero-order valence-electron chi connectivity index (χ0n) is 28.8. The smallest absolute Gasteiger partial charge is 0.0540 e. The lowest BCUT2D eigenvalue weighted by molar-refractivity contribution is 1.29. The predicted octanol–water partition coefficient (Wildman–Crippen LogP) is 14.6. The number of anilines is 3. The van der Waals surface area contributed by atoms with Gasteiger partial charge in [-0.05, 0) is 118 Å². The number of fused-ring (bicyclic) bond motifs is 4.